The Balaban J connectivity index is 1.39. The van der Waals surface area contributed by atoms with Crippen molar-refractivity contribution in [2.24, 2.45) is 23.7 Å². The number of ether oxygens (including phenoxy) is 1. The number of nitrogens with one attached hydrogen (secondary N) is 3. The molecule has 9 nitrogen and oxygen atoms in total. The third-order valence-electron chi connectivity index (χ3n) is 11.5. The van der Waals surface area contributed by atoms with Crippen molar-refractivity contribution in [3.63, 3.8) is 0 Å². The molecule has 2 bridgehead atoms. The highest BCUT2D eigenvalue weighted by atomic mass is 19.3. The second kappa shape index (κ2) is 13.6. The van der Waals surface area contributed by atoms with Gasteiger partial charge in [-0.15, -0.1) is 0 Å². The van der Waals surface area contributed by atoms with Gasteiger partial charge in [0.05, 0.1) is 30.5 Å². The van der Waals surface area contributed by atoms with E-state index in [2.05, 4.69) is 36.4 Å². The Labute approximate surface area is 263 Å². The van der Waals surface area contributed by atoms with Gasteiger partial charge in [0.15, 0.2) is 0 Å². The molecule has 12 unspecified atom stereocenters. The summed E-state index contributed by atoms with van der Waals surface area (Å²) in [5.74, 6) is -1.37. The molecular formula is C32H50F4N6O3. The number of fused-ring (bicyclic) bond motifs is 5. The third kappa shape index (κ3) is 6.23. The van der Waals surface area contributed by atoms with Gasteiger partial charge in [-0.1, -0.05) is 20.4 Å². The fourth-order valence-corrected chi connectivity index (χ4v) is 9.44. The zero-order valence-corrected chi connectivity index (χ0v) is 26.4. The van der Waals surface area contributed by atoms with Crippen LogP contribution in [0.2, 0.25) is 0 Å². The lowest BCUT2D eigenvalue weighted by Gasteiger charge is -2.60. The molecule has 1 aliphatic carbocycles. The summed E-state index contributed by atoms with van der Waals surface area (Å²) < 4.78 is 67.8. The van der Waals surface area contributed by atoms with Crippen LogP contribution < -0.4 is 16.0 Å². The highest BCUT2D eigenvalue weighted by molar-refractivity contribution is 5.87. The minimum Gasteiger partial charge on any atom is -0.378 e. The number of carbonyl (C=O) groups is 2. The molecule has 1 saturated carbocycles. The average Bonchev–Trinajstić information content (AvgIpc) is 3.01. The average molecular weight is 643 g/mol. The Morgan fingerprint density at radius 1 is 1.07 bits per heavy atom. The maximum absolute atomic E-state index is 16.5. The summed E-state index contributed by atoms with van der Waals surface area (Å²) in [5, 5.41) is 10.2. The van der Waals surface area contributed by atoms with Crippen LogP contribution >= 0.6 is 0 Å². The van der Waals surface area contributed by atoms with Crippen LogP contribution in [-0.4, -0.2) is 121 Å². The van der Waals surface area contributed by atoms with Crippen molar-refractivity contribution in [1.82, 2.24) is 30.7 Å². The molecule has 0 aromatic carbocycles. The van der Waals surface area contributed by atoms with Gasteiger partial charge in [-0.3, -0.25) is 15.0 Å². The van der Waals surface area contributed by atoms with Crippen molar-refractivity contribution >= 4 is 11.9 Å². The van der Waals surface area contributed by atoms with Gasteiger partial charge in [0, 0.05) is 50.2 Å². The monoisotopic (exact) mass is 642 g/mol. The molecular weight excluding hydrogens is 592 g/mol. The van der Waals surface area contributed by atoms with Crippen molar-refractivity contribution in [3.05, 3.63) is 12.7 Å². The van der Waals surface area contributed by atoms with E-state index in [1.54, 1.807) is 4.90 Å². The molecule has 12 atom stereocenters. The summed E-state index contributed by atoms with van der Waals surface area (Å²) >= 11 is 0. The number of urea groups is 1. The van der Waals surface area contributed by atoms with Gasteiger partial charge >= 0.3 is 6.03 Å². The molecule has 0 aromatic heterocycles. The second-order valence-corrected chi connectivity index (χ2v) is 14.3. The zero-order valence-electron chi connectivity index (χ0n) is 26.4. The van der Waals surface area contributed by atoms with Crippen LogP contribution in [0.15, 0.2) is 12.7 Å². The predicted molar refractivity (Wildman–Crippen MR) is 161 cm³/mol. The highest BCUT2D eigenvalue weighted by Gasteiger charge is 2.58. The minimum atomic E-state index is -2.80. The van der Waals surface area contributed by atoms with Crippen molar-refractivity contribution in [2.75, 3.05) is 32.8 Å². The molecule has 3 N–H and O–H groups in total. The molecule has 6 fully saturated rings. The third-order valence-corrected chi connectivity index (χ3v) is 11.5. The maximum Gasteiger partial charge on any atom is 0.320 e. The number of hydrogen-bond acceptors (Lipinski definition) is 6. The van der Waals surface area contributed by atoms with Gasteiger partial charge in [0.25, 0.3) is 6.43 Å². The van der Waals surface area contributed by atoms with Crippen LogP contribution in [0, 0.1) is 23.7 Å². The first-order valence-corrected chi connectivity index (χ1v) is 17.0. The number of carbonyl (C=O) groups excluding carboxylic acids is 2. The zero-order chi connectivity index (χ0) is 32.0. The van der Waals surface area contributed by atoms with Gasteiger partial charge < -0.3 is 25.2 Å². The van der Waals surface area contributed by atoms with Crippen molar-refractivity contribution in [2.45, 2.75) is 120 Å². The molecule has 3 amide bonds. The summed E-state index contributed by atoms with van der Waals surface area (Å²) in [6.07, 6.45) is -2.27. The normalized spacial score (nSPS) is 43.1. The molecule has 5 heterocycles. The van der Waals surface area contributed by atoms with Gasteiger partial charge in [-0.25, -0.2) is 22.4 Å². The number of piperidine rings is 2. The molecule has 0 aromatic rings. The summed E-state index contributed by atoms with van der Waals surface area (Å²) in [5.41, 5.74) is 0. The van der Waals surface area contributed by atoms with E-state index in [1.807, 2.05) is 4.90 Å². The molecule has 45 heavy (non-hydrogen) atoms. The Bertz CT molecular complexity index is 1090. The Morgan fingerprint density at radius 2 is 1.87 bits per heavy atom. The van der Waals surface area contributed by atoms with E-state index in [9.17, 15) is 18.4 Å². The van der Waals surface area contributed by atoms with Crippen LogP contribution in [-0.2, 0) is 9.53 Å². The summed E-state index contributed by atoms with van der Waals surface area (Å²) in [6, 6.07) is -2.86. The van der Waals surface area contributed by atoms with Crippen molar-refractivity contribution < 1.29 is 31.9 Å². The van der Waals surface area contributed by atoms with Gasteiger partial charge in [0.1, 0.15) is 12.3 Å². The number of alkyl halides is 4. The quantitative estimate of drug-likeness (QED) is 0.323. The van der Waals surface area contributed by atoms with E-state index < -0.39 is 67.0 Å². The fourth-order valence-electron chi connectivity index (χ4n) is 9.44. The van der Waals surface area contributed by atoms with Crippen LogP contribution in [0.5, 0.6) is 0 Å². The molecule has 0 spiro atoms. The smallest absolute Gasteiger partial charge is 0.320 e. The summed E-state index contributed by atoms with van der Waals surface area (Å²) in [6.45, 7) is 9.07. The standard InChI is InChI=1S/C32H50F4N6O3/c1-4-24(43)40-12-13-41(22(16-40)29(35)36)30-19-15-21(34)27-25-20(33)8-5-9-23(25)45-14-6-7-18-10-11-37-26(17(2)3)28(18)42(31(19)38-27)32(44)39-30/h4,17-23,25-31,37-38H,1,5-16H2,2-3H3,(H,39,44). The molecule has 0 radical (unpaired) electrons. The van der Waals surface area contributed by atoms with E-state index in [4.69, 9.17) is 4.74 Å². The Hall–Kier alpha value is -1.96. The number of rotatable bonds is 4. The molecule has 6 aliphatic rings. The first kappa shape index (κ1) is 33.0. The van der Waals surface area contributed by atoms with Gasteiger partial charge in [-0.05, 0) is 69.4 Å². The lowest BCUT2D eigenvalue weighted by atomic mass is 9.72. The molecule has 13 heteroatoms. The van der Waals surface area contributed by atoms with Gasteiger partial charge in [0.2, 0.25) is 5.91 Å². The van der Waals surface area contributed by atoms with E-state index in [0.29, 0.717) is 25.9 Å². The number of nitrogens with zero attached hydrogens (tertiary/aromatic N) is 3. The molecule has 6 rings (SSSR count). The van der Waals surface area contributed by atoms with Crippen molar-refractivity contribution in [1.29, 1.82) is 0 Å². The SMILES string of the molecule is C=CC(=O)N1CCN(C2NC(=O)N3C4NC(C(F)CC24)C2C(F)CCCC2OCCCC2CCNC(C(C)C)C23)C(C(F)F)C1. The molecule has 5 aliphatic heterocycles. The first-order valence-electron chi connectivity index (χ1n) is 17.0. The van der Waals surface area contributed by atoms with E-state index in [-0.39, 0.29) is 56.0 Å². The largest absolute Gasteiger partial charge is 0.378 e. The van der Waals surface area contributed by atoms with E-state index >= 15 is 8.78 Å². The number of halogens is 4. The minimum absolute atomic E-state index is 0.0152. The van der Waals surface area contributed by atoms with Crippen LogP contribution in [0.4, 0.5) is 22.4 Å². The van der Waals surface area contributed by atoms with Crippen LogP contribution in [0.3, 0.4) is 0 Å². The Kier molecular flexibility index (Phi) is 9.99. The lowest BCUT2D eigenvalue weighted by molar-refractivity contribution is -0.142. The lowest BCUT2D eigenvalue weighted by Crippen LogP contribution is -2.80. The predicted octanol–water partition coefficient (Wildman–Crippen LogP) is 3.26. The highest BCUT2D eigenvalue weighted by Crippen LogP contribution is 2.43. The van der Waals surface area contributed by atoms with E-state index in [1.165, 1.54) is 4.90 Å². The summed E-state index contributed by atoms with van der Waals surface area (Å²) in [4.78, 5) is 31.5. The van der Waals surface area contributed by atoms with E-state index in [0.717, 1.165) is 31.9 Å². The molecule has 5 saturated heterocycles. The topological polar surface area (TPSA) is 89.2 Å². The fraction of sp³-hybridized carbons (Fsp3) is 0.875. The maximum atomic E-state index is 16.5. The van der Waals surface area contributed by atoms with Crippen LogP contribution in [0.25, 0.3) is 0 Å². The summed E-state index contributed by atoms with van der Waals surface area (Å²) in [7, 11) is 0. The van der Waals surface area contributed by atoms with Crippen LogP contribution in [0.1, 0.15) is 58.8 Å². The second-order valence-electron chi connectivity index (χ2n) is 14.3. The Morgan fingerprint density at radius 3 is 2.60 bits per heavy atom. The van der Waals surface area contributed by atoms with Gasteiger partial charge in [-0.2, -0.15) is 0 Å². The number of piperazine rings is 1. The molecule has 254 valence electrons. The number of hydrogen-bond donors (Lipinski definition) is 3. The first-order chi connectivity index (χ1) is 21.6. The van der Waals surface area contributed by atoms with Crippen molar-refractivity contribution in [3.8, 4) is 0 Å². The number of amides is 3.